The molecule has 22 heavy (non-hydrogen) atoms. The van der Waals surface area contributed by atoms with Gasteiger partial charge in [0.1, 0.15) is 11.6 Å². The van der Waals surface area contributed by atoms with E-state index >= 15 is 0 Å². The molecule has 2 aromatic heterocycles. The molecule has 0 aromatic carbocycles. The van der Waals surface area contributed by atoms with Crippen molar-refractivity contribution in [2.45, 2.75) is 32.9 Å². The highest BCUT2D eigenvalue weighted by atomic mass is 19.4. The quantitative estimate of drug-likeness (QED) is 0.918. The van der Waals surface area contributed by atoms with E-state index in [1.54, 1.807) is 13.8 Å². The van der Waals surface area contributed by atoms with E-state index < -0.39 is 12.0 Å². The molecule has 0 bridgehead atoms. The molecule has 1 N–H and O–H groups in total. The Labute approximate surface area is 125 Å². The van der Waals surface area contributed by atoms with Crippen LogP contribution in [0.2, 0.25) is 0 Å². The third-order valence-corrected chi connectivity index (χ3v) is 2.94. The standard InChI is InChI=1S/C9H8F3N5.C4H8O/c1-5-14-6(2)17(16-5)7-3-4-13-8(15-7)9(10,11)12;5-3-4-1-2-4/h3-4H,1-2H3;4-5H,1-3H2. The summed E-state index contributed by atoms with van der Waals surface area (Å²) in [5, 5.41) is 12.2. The lowest BCUT2D eigenvalue weighted by Gasteiger charge is -2.06. The van der Waals surface area contributed by atoms with Crippen LogP contribution in [0.25, 0.3) is 5.82 Å². The highest BCUT2D eigenvalue weighted by Gasteiger charge is 2.34. The van der Waals surface area contributed by atoms with Crippen molar-refractivity contribution in [2.75, 3.05) is 6.61 Å². The van der Waals surface area contributed by atoms with Crippen molar-refractivity contribution in [1.82, 2.24) is 24.7 Å². The second-order valence-electron chi connectivity index (χ2n) is 4.98. The van der Waals surface area contributed by atoms with Crippen LogP contribution in [-0.4, -0.2) is 36.4 Å². The fourth-order valence-corrected chi connectivity index (χ4v) is 1.64. The Bertz CT molecular complexity index is 637. The van der Waals surface area contributed by atoms with E-state index in [1.165, 1.54) is 23.6 Å². The van der Waals surface area contributed by atoms with E-state index in [-0.39, 0.29) is 5.82 Å². The van der Waals surface area contributed by atoms with Crippen LogP contribution in [-0.2, 0) is 6.18 Å². The van der Waals surface area contributed by atoms with E-state index in [2.05, 4.69) is 20.1 Å². The van der Waals surface area contributed by atoms with Crippen molar-refractivity contribution < 1.29 is 18.3 Å². The molecule has 9 heteroatoms. The Morgan fingerprint density at radius 1 is 1.27 bits per heavy atom. The number of rotatable bonds is 2. The number of aliphatic hydroxyl groups is 1. The molecule has 3 rings (SSSR count). The predicted molar refractivity (Wildman–Crippen MR) is 71.2 cm³/mol. The maximum Gasteiger partial charge on any atom is 0.451 e. The molecule has 6 nitrogen and oxygen atoms in total. The summed E-state index contributed by atoms with van der Waals surface area (Å²) >= 11 is 0. The summed E-state index contributed by atoms with van der Waals surface area (Å²) in [6.45, 7) is 3.70. The smallest absolute Gasteiger partial charge is 0.396 e. The first kappa shape index (κ1) is 16.3. The topological polar surface area (TPSA) is 76.7 Å². The summed E-state index contributed by atoms with van der Waals surface area (Å²) in [5.41, 5.74) is 0. The van der Waals surface area contributed by atoms with Gasteiger partial charge in [0.2, 0.25) is 5.82 Å². The highest BCUT2D eigenvalue weighted by molar-refractivity contribution is 5.21. The maximum absolute atomic E-state index is 12.4. The third-order valence-electron chi connectivity index (χ3n) is 2.94. The Hall–Kier alpha value is -2.03. The Morgan fingerprint density at radius 2 is 1.95 bits per heavy atom. The number of aryl methyl sites for hydroxylation is 2. The van der Waals surface area contributed by atoms with Crippen LogP contribution in [0.1, 0.15) is 30.3 Å². The third kappa shape index (κ3) is 4.23. The molecule has 0 unspecified atom stereocenters. The minimum Gasteiger partial charge on any atom is -0.396 e. The van der Waals surface area contributed by atoms with Crippen molar-refractivity contribution in [3.8, 4) is 5.82 Å². The summed E-state index contributed by atoms with van der Waals surface area (Å²) in [7, 11) is 0. The molecule has 1 fully saturated rings. The van der Waals surface area contributed by atoms with Gasteiger partial charge in [-0.3, -0.25) is 0 Å². The summed E-state index contributed by atoms with van der Waals surface area (Å²) < 4.78 is 38.5. The van der Waals surface area contributed by atoms with Crippen LogP contribution in [0.4, 0.5) is 13.2 Å². The van der Waals surface area contributed by atoms with Crippen LogP contribution in [0.15, 0.2) is 12.3 Å². The Balaban J connectivity index is 0.000000299. The van der Waals surface area contributed by atoms with Crippen molar-refractivity contribution in [2.24, 2.45) is 5.92 Å². The van der Waals surface area contributed by atoms with E-state index in [1.807, 2.05) is 0 Å². The molecule has 2 aromatic rings. The lowest BCUT2D eigenvalue weighted by Crippen LogP contribution is -2.13. The van der Waals surface area contributed by atoms with Gasteiger partial charge < -0.3 is 5.11 Å². The van der Waals surface area contributed by atoms with E-state index in [0.29, 0.717) is 24.2 Å². The number of alkyl halides is 3. The number of aromatic nitrogens is 5. The lowest BCUT2D eigenvalue weighted by molar-refractivity contribution is -0.145. The zero-order chi connectivity index (χ0) is 16.3. The highest BCUT2D eigenvalue weighted by Crippen LogP contribution is 2.27. The molecule has 0 radical (unpaired) electrons. The fourth-order valence-electron chi connectivity index (χ4n) is 1.64. The first-order valence-corrected chi connectivity index (χ1v) is 6.73. The molecule has 1 saturated carbocycles. The second-order valence-corrected chi connectivity index (χ2v) is 4.98. The van der Waals surface area contributed by atoms with Crippen molar-refractivity contribution in [1.29, 1.82) is 0 Å². The van der Waals surface area contributed by atoms with Gasteiger partial charge in [0.25, 0.3) is 0 Å². The van der Waals surface area contributed by atoms with Crippen molar-refractivity contribution in [3.05, 3.63) is 29.7 Å². The molecular formula is C13H16F3N5O. The molecule has 1 aliphatic carbocycles. The molecular weight excluding hydrogens is 299 g/mol. The monoisotopic (exact) mass is 315 g/mol. The van der Waals surface area contributed by atoms with Crippen LogP contribution < -0.4 is 0 Å². The maximum atomic E-state index is 12.4. The molecule has 0 aliphatic heterocycles. The van der Waals surface area contributed by atoms with Crippen LogP contribution in [0, 0.1) is 19.8 Å². The number of hydrogen-bond donors (Lipinski definition) is 1. The largest absolute Gasteiger partial charge is 0.451 e. The Kier molecular flexibility index (Phi) is 4.74. The SMILES string of the molecule is Cc1nc(C)n(-c2ccnc(C(F)(F)F)n2)n1.OCC1CC1. The first-order valence-electron chi connectivity index (χ1n) is 6.73. The number of halogens is 3. The van der Waals surface area contributed by atoms with Gasteiger partial charge in [-0.05, 0) is 32.6 Å². The van der Waals surface area contributed by atoms with Gasteiger partial charge in [0.15, 0.2) is 5.82 Å². The van der Waals surface area contributed by atoms with E-state index in [0.717, 1.165) is 6.20 Å². The first-order chi connectivity index (χ1) is 10.3. The molecule has 0 spiro atoms. The van der Waals surface area contributed by atoms with Gasteiger partial charge in [0.05, 0.1) is 0 Å². The summed E-state index contributed by atoms with van der Waals surface area (Å²) in [5.74, 6) is 0.479. The zero-order valence-electron chi connectivity index (χ0n) is 12.2. The van der Waals surface area contributed by atoms with Gasteiger partial charge in [-0.15, -0.1) is 5.10 Å². The van der Waals surface area contributed by atoms with E-state index in [9.17, 15) is 13.2 Å². The minimum atomic E-state index is -4.57. The number of hydrogen-bond acceptors (Lipinski definition) is 5. The molecule has 2 heterocycles. The van der Waals surface area contributed by atoms with Crippen molar-refractivity contribution >= 4 is 0 Å². The Morgan fingerprint density at radius 3 is 2.36 bits per heavy atom. The minimum absolute atomic E-state index is 0.0467. The van der Waals surface area contributed by atoms with Crippen LogP contribution in [0.5, 0.6) is 0 Å². The normalized spacial score (nSPS) is 14.5. The summed E-state index contributed by atoms with van der Waals surface area (Å²) in [4.78, 5) is 10.6. The van der Waals surface area contributed by atoms with Gasteiger partial charge >= 0.3 is 6.18 Å². The van der Waals surface area contributed by atoms with Gasteiger partial charge in [0, 0.05) is 18.9 Å². The molecule has 0 amide bonds. The summed E-state index contributed by atoms with van der Waals surface area (Å²) in [6.07, 6.45) is -1.01. The molecule has 120 valence electrons. The van der Waals surface area contributed by atoms with Gasteiger partial charge in [-0.2, -0.15) is 17.9 Å². The lowest BCUT2D eigenvalue weighted by atomic mass is 10.5. The van der Waals surface area contributed by atoms with E-state index in [4.69, 9.17) is 5.11 Å². The average Bonchev–Trinajstić information content (AvgIpc) is 3.23. The molecule has 0 atom stereocenters. The second kappa shape index (κ2) is 6.39. The zero-order valence-corrected chi connectivity index (χ0v) is 12.2. The van der Waals surface area contributed by atoms with Crippen LogP contribution >= 0.6 is 0 Å². The molecule has 0 saturated heterocycles. The van der Waals surface area contributed by atoms with Gasteiger partial charge in [-0.1, -0.05) is 0 Å². The number of nitrogens with zero attached hydrogens (tertiary/aromatic N) is 5. The number of aliphatic hydroxyl groups excluding tert-OH is 1. The molecule has 1 aliphatic rings. The fraction of sp³-hybridized carbons (Fsp3) is 0.538. The predicted octanol–water partition coefficient (Wildman–Crippen LogP) is 2.08. The summed E-state index contributed by atoms with van der Waals surface area (Å²) in [6, 6.07) is 1.34. The van der Waals surface area contributed by atoms with Gasteiger partial charge in [-0.25, -0.2) is 15.0 Å². The van der Waals surface area contributed by atoms with Crippen molar-refractivity contribution in [3.63, 3.8) is 0 Å². The van der Waals surface area contributed by atoms with Crippen LogP contribution in [0.3, 0.4) is 0 Å². The average molecular weight is 315 g/mol.